The molecule has 0 aromatic heterocycles. The van der Waals surface area contributed by atoms with E-state index in [0.717, 1.165) is 37.3 Å². The van der Waals surface area contributed by atoms with E-state index in [2.05, 4.69) is 28.2 Å². The molecule has 5 amide bonds. The Morgan fingerprint density at radius 1 is 0.917 bits per heavy atom. The maximum atomic E-state index is 13.8. The zero-order valence-corrected chi connectivity index (χ0v) is 35.9. The number of aliphatic hydroxyl groups excluding tert-OH is 1. The highest BCUT2D eigenvalue weighted by Crippen LogP contribution is 2.18. The van der Waals surface area contributed by atoms with Crippen molar-refractivity contribution >= 4 is 35.5 Å². The second-order valence-electron chi connectivity index (χ2n) is 16.1. The van der Waals surface area contributed by atoms with Crippen LogP contribution in [0.15, 0.2) is 78.9 Å². The van der Waals surface area contributed by atoms with Gasteiger partial charge in [-0.1, -0.05) is 115 Å². The topological polar surface area (TPSA) is 203 Å². The largest absolute Gasteiger partial charge is 0.508 e. The van der Waals surface area contributed by atoms with Crippen molar-refractivity contribution in [3.8, 4) is 5.75 Å². The summed E-state index contributed by atoms with van der Waals surface area (Å²) >= 11 is 0. The second-order valence-corrected chi connectivity index (χ2v) is 16.1. The zero-order chi connectivity index (χ0) is 44.2. The molecule has 0 bridgehead atoms. The van der Waals surface area contributed by atoms with Crippen molar-refractivity contribution < 1.29 is 43.7 Å². The lowest BCUT2D eigenvalue weighted by Crippen LogP contribution is -2.56. The number of benzene rings is 2. The van der Waals surface area contributed by atoms with Gasteiger partial charge in [0, 0.05) is 26.0 Å². The molecular weight excluding hydrogens is 767 g/mol. The Balaban J connectivity index is 1.74. The number of phenols is 1. The maximum absolute atomic E-state index is 13.8. The number of likely N-dealkylation sites (N-methyl/N-ethyl adjacent to an activating group) is 1. The average molecular weight is 832 g/mol. The van der Waals surface area contributed by atoms with Crippen LogP contribution in [0.4, 0.5) is 0 Å². The summed E-state index contributed by atoms with van der Waals surface area (Å²) < 4.78 is 5.68. The lowest BCUT2D eigenvalue weighted by Gasteiger charge is -2.32. The van der Waals surface area contributed by atoms with E-state index in [9.17, 15) is 39.0 Å². The third kappa shape index (κ3) is 16.6. The molecule has 2 aromatic rings. The first-order valence-electron chi connectivity index (χ1n) is 21.1. The first kappa shape index (κ1) is 48.9. The molecule has 1 heterocycles. The minimum absolute atomic E-state index is 0.0347. The van der Waals surface area contributed by atoms with E-state index >= 15 is 0 Å². The van der Waals surface area contributed by atoms with Gasteiger partial charge < -0.3 is 41.1 Å². The van der Waals surface area contributed by atoms with Crippen LogP contribution < -0.4 is 21.3 Å². The Labute approximate surface area is 354 Å². The van der Waals surface area contributed by atoms with Crippen LogP contribution in [0.1, 0.15) is 90.7 Å². The van der Waals surface area contributed by atoms with E-state index < -0.39 is 84.9 Å². The van der Waals surface area contributed by atoms with Gasteiger partial charge in [0.15, 0.2) is 0 Å². The van der Waals surface area contributed by atoms with Crippen molar-refractivity contribution in [2.24, 2.45) is 11.8 Å². The van der Waals surface area contributed by atoms with Gasteiger partial charge >= 0.3 is 5.97 Å². The fraction of sp³-hybridized carbons (Fsp3) is 0.522. The van der Waals surface area contributed by atoms with Crippen LogP contribution in [0.5, 0.6) is 5.75 Å². The molecule has 1 aliphatic rings. The van der Waals surface area contributed by atoms with Gasteiger partial charge in [0.05, 0.1) is 24.6 Å². The van der Waals surface area contributed by atoms with Crippen LogP contribution in [0.2, 0.25) is 0 Å². The summed E-state index contributed by atoms with van der Waals surface area (Å²) in [4.78, 5) is 81.8. The van der Waals surface area contributed by atoms with Crippen LogP contribution in [-0.2, 0) is 46.3 Å². The highest BCUT2D eigenvalue weighted by molar-refractivity contribution is 5.95. The summed E-state index contributed by atoms with van der Waals surface area (Å²) in [5, 5.41) is 32.2. The number of phenolic OH excluding ortho intramolecular Hbond substituents is 1. The molecule has 0 unspecified atom stereocenters. The van der Waals surface area contributed by atoms with Crippen molar-refractivity contribution in [1.82, 2.24) is 26.2 Å². The fourth-order valence-corrected chi connectivity index (χ4v) is 6.72. The monoisotopic (exact) mass is 831 g/mol. The summed E-state index contributed by atoms with van der Waals surface area (Å²) in [6.07, 6.45) is 10.4. The lowest BCUT2D eigenvalue weighted by atomic mass is 9.97. The van der Waals surface area contributed by atoms with Gasteiger partial charge in [0.2, 0.25) is 29.5 Å². The average Bonchev–Trinajstić information content (AvgIpc) is 3.21. The second kappa shape index (κ2) is 25.2. The number of cyclic esters (lactones) is 1. The Morgan fingerprint density at radius 3 is 2.27 bits per heavy atom. The molecule has 0 radical (unpaired) electrons. The van der Waals surface area contributed by atoms with E-state index in [0.29, 0.717) is 5.56 Å². The normalized spacial score (nSPS) is 19.2. The fourth-order valence-electron chi connectivity index (χ4n) is 6.72. The molecule has 0 aliphatic carbocycles. The molecule has 0 spiro atoms. The van der Waals surface area contributed by atoms with Crippen LogP contribution in [0, 0.1) is 11.8 Å². The van der Waals surface area contributed by atoms with Crippen LogP contribution in [0.25, 0.3) is 0 Å². The number of ether oxygens (including phenoxy) is 1. The van der Waals surface area contributed by atoms with E-state index in [1.807, 2.05) is 42.5 Å². The number of aromatic hydroxyl groups is 1. The number of aliphatic hydroxyl groups is 1. The Hall–Kier alpha value is -5.50. The summed E-state index contributed by atoms with van der Waals surface area (Å²) in [5.41, 5.74) is 1.50. The van der Waals surface area contributed by atoms with Crippen molar-refractivity contribution in [2.45, 2.75) is 129 Å². The van der Waals surface area contributed by atoms with Gasteiger partial charge in [-0.2, -0.15) is 0 Å². The summed E-state index contributed by atoms with van der Waals surface area (Å²) in [6, 6.07) is 10.5. The van der Waals surface area contributed by atoms with E-state index in [4.69, 9.17) is 4.74 Å². The van der Waals surface area contributed by atoms with Gasteiger partial charge in [-0.25, -0.2) is 4.79 Å². The van der Waals surface area contributed by atoms with Gasteiger partial charge in [-0.15, -0.1) is 0 Å². The highest BCUT2D eigenvalue weighted by Gasteiger charge is 2.36. The van der Waals surface area contributed by atoms with Gasteiger partial charge in [0.25, 0.3) is 0 Å². The smallest absolute Gasteiger partial charge is 0.329 e. The Kier molecular flexibility index (Phi) is 20.5. The molecule has 60 heavy (non-hydrogen) atoms. The van der Waals surface area contributed by atoms with Crippen molar-refractivity contribution in [2.75, 3.05) is 13.7 Å². The van der Waals surface area contributed by atoms with Gasteiger partial charge in [-0.3, -0.25) is 24.0 Å². The zero-order valence-electron chi connectivity index (χ0n) is 35.9. The molecule has 0 fully saturated rings. The number of nitrogens with one attached hydrogen (secondary N) is 4. The molecule has 14 heteroatoms. The molecule has 6 N–H and O–H groups in total. The third-order valence-electron chi connectivity index (χ3n) is 10.4. The van der Waals surface area contributed by atoms with Crippen molar-refractivity contribution in [3.63, 3.8) is 0 Å². The summed E-state index contributed by atoms with van der Waals surface area (Å²) in [6.45, 7) is 8.73. The summed E-state index contributed by atoms with van der Waals surface area (Å²) in [5.74, 6) is -4.12. The molecule has 0 saturated heterocycles. The SMILES string of the molecule is CCCCCC/C=C\CC(=O)N[C@@H](Cc1ccccc1)[C@@H](O)CC(=O)N[C@H](C(=O)N[C@@H]1C=CC(=O)N[C@@H](C(C)C)C(=O)N(C)[C@@H](Cc2ccc(O)cc2)C(=O)OC1)C(C)C. The minimum atomic E-state index is -1.29. The number of carbonyl (C=O) groups excluding carboxylic acids is 6. The first-order valence-corrected chi connectivity index (χ1v) is 21.1. The number of amides is 5. The predicted molar refractivity (Wildman–Crippen MR) is 229 cm³/mol. The molecular formula is C46H65N5O9. The minimum Gasteiger partial charge on any atom is -0.508 e. The molecule has 328 valence electrons. The number of allylic oxidation sites excluding steroid dienone is 1. The number of rotatable bonds is 20. The molecule has 14 nitrogen and oxygen atoms in total. The molecule has 3 rings (SSSR count). The number of unbranched alkanes of at least 4 members (excludes halogenated alkanes) is 4. The van der Waals surface area contributed by atoms with Crippen LogP contribution >= 0.6 is 0 Å². The highest BCUT2D eigenvalue weighted by atomic mass is 16.5. The van der Waals surface area contributed by atoms with Crippen LogP contribution in [0.3, 0.4) is 0 Å². The first-order chi connectivity index (χ1) is 28.6. The Bertz CT molecular complexity index is 1760. The molecule has 2 aromatic carbocycles. The standard InChI is InChI=1S/C46H65N5O9/c1-7-8-9-10-11-12-16-19-39(54)48-36(26-32-17-14-13-15-18-32)38(53)28-41(56)50-42(30(2)3)44(57)47-34-22-25-40(55)49-43(31(4)5)45(58)51(6)37(46(59)60-29-34)27-33-20-23-35(52)24-21-33/h12-18,20-25,30-31,34,36-38,42-43,52-53H,7-11,19,26-29H2,1-6H3,(H,47,57)(H,48,54)(H,49,55)(H,50,56)/b16-12-,25-22?/t34-,36+,37+,38+,42+,43+/m1/s1. The maximum Gasteiger partial charge on any atom is 0.329 e. The summed E-state index contributed by atoms with van der Waals surface area (Å²) in [7, 11) is 1.45. The number of hydrogen-bond acceptors (Lipinski definition) is 9. The number of nitrogens with zero attached hydrogens (tertiary/aromatic N) is 1. The van der Waals surface area contributed by atoms with Crippen LogP contribution in [-0.4, -0.2) is 101 Å². The van der Waals surface area contributed by atoms with E-state index in [1.165, 1.54) is 36.6 Å². The quantitative estimate of drug-likeness (QED) is 0.0647. The number of hydrogen-bond donors (Lipinski definition) is 6. The lowest BCUT2D eigenvalue weighted by molar-refractivity contribution is -0.156. The predicted octanol–water partition coefficient (Wildman–Crippen LogP) is 4.04. The van der Waals surface area contributed by atoms with E-state index in [1.54, 1.807) is 39.8 Å². The molecule has 6 atom stereocenters. The van der Waals surface area contributed by atoms with E-state index in [-0.39, 0.29) is 36.8 Å². The Morgan fingerprint density at radius 2 is 1.62 bits per heavy atom. The van der Waals surface area contributed by atoms with Gasteiger partial charge in [0.1, 0.15) is 30.5 Å². The third-order valence-corrected chi connectivity index (χ3v) is 10.4. The molecule has 0 saturated carbocycles. The van der Waals surface area contributed by atoms with Crippen molar-refractivity contribution in [1.29, 1.82) is 0 Å². The number of carbonyl (C=O) groups is 6. The number of esters is 1. The van der Waals surface area contributed by atoms with Gasteiger partial charge in [-0.05, 0) is 54.4 Å². The molecule has 1 aliphatic heterocycles. The van der Waals surface area contributed by atoms with Crippen molar-refractivity contribution in [3.05, 3.63) is 90.0 Å².